The van der Waals surface area contributed by atoms with Gasteiger partial charge in [0.25, 0.3) is 5.91 Å². The Bertz CT molecular complexity index is 1460. The van der Waals surface area contributed by atoms with Crippen LogP contribution in [-0.2, 0) is 21.9 Å². The van der Waals surface area contributed by atoms with Crippen LogP contribution in [0.4, 0.5) is 5.69 Å². The number of halogens is 1. The molecule has 2 aromatic carbocycles. The number of hydrogen-bond acceptors (Lipinski definition) is 6. The number of sulfonamides is 1. The number of anilines is 1. The molecule has 1 saturated carbocycles. The van der Waals surface area contributed by atoms with Crippen LogP contribution in [0, 0.1) is 11.8 Å². The molecule has 2 N–H and O–H groups in total. The molecule has 2 aliphatic carbocycles. The molecule has 5 atom stereocenters. The Morgan fingerprint density at radius 2 is 1.98 bits per heavy atom. The third-order valence-electron chi connectivity index (χ3n) is 9.72. The number of hydrogen-bond donors (Lipinski definition) is 2. The highest BCUT2D eigenvalue weighted by molar-refractivity contribution is 7.90. The van der Waals surface area contributed by atoms with Crippen molar-refractivity contribution in [3.05, 3.63) is 70.3 Å². The van der Waals surface area contributed by atoms with Crippen molar-refractivity contribution in [2.45, 2.75) is 75.1 Å². The van der Waals surface area contributed by atoms with Crippen molar-refractivity contribution in [1.82, 2.24) is 4.72 Å². The number of nitrogens with zero attached hydrogens (tertiary/aromatic N) is 1. The van der Waals surface area contributed by atoms with E-state index in [4.69, 9.17) is 16.3 Å². The first kappa shape index (κ1) is 28.6. The molecule has 2 aliphatic heterocycles. The molecule has 2 heterocycles. The maximum absolute atomic E-state index is 13.3. The number of rotatable bonds is 1. The molecule has 1 fully saturated rings. The van der Waals surface area contributed by atoms with Gasteiger partial charge >= 0.3 is 0 Å². The summed E-state index contributed by atoms with van der Waals surface area (Å²) in [5.41, 5.74) is 3.42. The fourth-order valence-corrected chi connectivity index (χ4v) is 8.81. The van der Waals surface area contributed by atoms with Crippen molar-refractivity contribution in [2.24, 2.45) is 11.8 Å². The second kappa shape index (κ2) is 11.3. The molecule has 220 valence electrons. The van der Waals surface area contributed by atoms with Crippen molar-refractivity contribution in [3.63, 3.8) is 0 Å². The lowest BCUT2D eigenvalue weighted by molar-refractivity contribution is 0.0981. The molecule has 0 saturated heterocycles. The van der Waals surface area contributed by atoms with Gasteiger partial charge in [0.05, 0.1) is 23.6 Å². The molecule has 0 radical (unpaired) electrons. The second-order valence-corrected chi connectivity index (χ2v) is 14.7. The number of fused-ring (bicyclic) bond motifs is 4. The van der Waals surface area contributed by atoms with Crippen LogP contribution in [0.25, 0.3) is 0 Å². The number of carbonyl (C=O) groups is 1. The van der Waals surface area contributed by atoms with E-state index in [2.05, 4.69) is 27.8 Å². The first-order valence-corrected chi connectivity index (χ1v) is 16.8. The van der Waals surface area contributed by atoms with E-state index in [-0.39, 0.29) is 11.8 Å². The Balaban J connectivity index is 1.41. The van der Waals surface area contributed by atoms with Gasteiger partial charge in [0.1, 0.15) is 5.75 Å². The molecular weight excluding hydrogens is 560 g/mol. The molecule has 9 heteroatoms. The summed E-state index contributed by atoms with van der Waals surface area (Å²) in [6.07, 6.45) is 9.36. The van der Waals surface area contributed by atoms with Crippen LogP contribution in [0.15, 0.2) is 48.6 Å². The molecule has 0 unspecified atom stereocenters. The summed E-state index contributed by atoms with van der Waals surface area (Å²) < 4.78 is 35.2. The summed E-state index contributed by atoms with van der Waals surface area (Å²) in [6.45, 7) is 3.82. The minimum atomic E-state index is -3.92. The minimum Gasteiger partial charge on any atom is -0.490 e. The molecule has 1 amide bonds. The van der Waals surface area contributed by atoms with Crippen LogP contribution >= 0.6 is 11.6 Å². The number of amides is 1. The highest BCUT2D eigenvalue weighted by Crippen LogP contribution is 2.46. The third-order valence-corrected chi connectivity index (χ3v) is 11.9. The summed E-state index contributed by atoms with van der Waals surface area (Å²) in [5, 5.41) is 10.6. The summed E-state index contributed by atoms with van der Waals surface area (Å²) in [7, 11) is -3.92. The third kappa shape index (κ3) is 5.63. The van der Waals surface area contributed by atoms with Gasteiger partial charge in [-0.15, -0.1) is 0 Å². The predicted octanol–water partition coefficient (Wildman–Crippen LogP) is 5.39. The lowest BCUT2D eigenvalue weighted by Crippen LogP contribution is -2.48. The highest BCUT2D eigenvalue weighted by atomic mass is 35.5. The van der Waals surface area contributed by atoms with Crippen LogP contribution in [-0.4, -0.2) is 50.5 Å². The Hall–Kier alpha value is -2.55. The zero-order chi connectivity index (χ0) is 28.8. The van der Waals surface area contributed by atoms with Gasteiger partial charge in [0.2, 0.25) is 10.0 Å². The number of allylic oxidation sites excluding steroid dienone is 1. The summed E-state index contributed by atoms with van der Waals surface area (Å²) in [5.74, 6) is 0.813. The Labute approximate surface area is 248 Å². The van der Waals surface area contributed by atoms with Crippen molar-refractivity contribution >= 4 is 33.2 Å². The SMILES string of the molecule is CC[C@@H]1CC[C@@H](O)/C=C\[C@@H]2CC[C@H]2CN2C[C@@]3(CCCc4cc(Cl)ccc43)COc3ccc(cc32)C(=O)NS1(=O)=O. The number of aliphatic hydroxyl groups is 1. The molecule has 6 rings (SSSR count). The van der Waals surface area contributed by atoms with Gasteiger partial charge in [-0.05, 0) is 105 Å². The lowest BCUT2D eigenvalue weighted by atomic mass is 9.69. The number of ether oxygens (including phenoxy) is 1. The number of carbonyl (C=O) groups excluding carboxylic acids is 1. The van der Waals surface area contributed by atoms with E-state index in [1.807, 2.05) is 18.2 Å². The predicted molar refractivity (Wildman–Crippen MR) is 161 cm³/mol. The van der Waals surface area contributed by atoms with E-state index in [9.17, 15) is 18.3 Å². The lowest BCUT2D eigenvalue weighted by Gasteiger charge is -2.44. The van der Waals surface area contributed by atoms with Gasteiger partial charge in [-0.25, -0.2) is 13.1 Å². The zero-order valence-electron chi connectivity index (χ0n) is 23.5. The molecular formula is C32H39ClN2O5S. The van der Waals surface area contributed by atoms with Crippen molar-refractivity contribution < 1.29 is 23.1 Å². The van der Waals surface area contributed by atoms with E-state index in [1.165, 1.54) is 11.1 Å². The Morgan fingerprint density at radius 1 is 1.12 bits per heavy atom. The van der Waals surface area contributed by atoms with Crippen LogP contribution in [0.1, 0.15) is 73.4 Å². The smallest absolute Gasteiger partial charge is 0.264 e. The van der Waals surface area contributed by atoms with E-state index >= 15 is 0 Å². The molecule has 2 aromatic rings. The normalized spacial score (nSPS) is 32.0. The average Bonchev–Trinajstić information content (AvgIpc) is 3.07. The molecule has 2 bridgehead atoms. The molecule has 4 aliphatic rings. The Morgan fingerprint density at radius 3 is 2.76 bits per heavy atom. The second-order valence-electron chi connectivity index (χ2n) is 12.3. The van der Waals surface area contributed by atoms with Crippen molar-refractivity contribution in [3.8, 4) is 5.75 Å². The molecule has 1 spiro atoms. The minimum absolute atomic E-state index is 0.233. The topological polar surface area (TPSA) is 95.9 Å². The van der Waals surface area contributed by atoms with Gasteiger partial charge in [-0.1, -0.05) is 36.7 Å². The van der Waals surface area contributed by atoms with Gasteiger partial charge in [0.15, 0.2) is 0 Å². The first-order valence-electron chi connectivity index (χ1n) is 14.9. The van der Waals surface area contributed by atoms with Crippen LogP contribution < -0.4 is 14.4 Å². The number of aryl methyl sites for hydroxylation is 1. The quantitative estimate of drug-likeness (QED) is 0.428. The summed E-state index contributed by atoms with van der Waals surface area (Å²) in [6, 6.07) is 11.4. The van der Waals surface area contributed by atoms with Gasteiger partial charge < -0.3 is 14.7 Å². The highest BCUT2D eigenvalue weighted by Gasteiger charge is 2.43. The van der Waals surface area contributed by atoms with Crippen molar-refractivity contribution in [1.29, 1.82) is 0 Å². The van der Waals surface area contributed by atoms with Gasteiger partial charge in [0, 0.05) is 29.1 Å². The van der Waals surface area contributed by atoms with Crippen LogP contribution in [0.3, 0.4) is 0 Å². The van der Waals surface area contributed by atoms with E-state index in [0.717, 1.165) is 55.9 Å². The van der Waals surface area contributed by atoms with E-state index < -0.39 is 27.3 Å². The monoisotopic (exact) mass is 598 g/mol. The fraction of sp³-hybridized carbons (Fsp3) is 0.531. The zero-order valence-corrected chi connectivity index (χ0v) is 25.1. The molecule has 7 nitrogen and oxygen atoms in total. The van der Waals surface area contributed by atoms with Crippen molar-refractivity contribution in [2.75, 3.05) is 24.6 Å². The number of benzene rings is 2. The van der Waals surface area contributed by atoms with E-state index in [0.29, 0.717) is 42.6 Å². The maximum atomic E-state index is 13.3. The van der Waals surface area contributed by atoms with Crippen LogP contribution in [0.5, 0.6) is 5.75 Å². The number of aliphatic hydroxyl groups excluding tert-OH is 1. The molecule has 41 heavy (non-hydrogen) atoms. The standard InChI is InChI=1S/C32H39ClN2O5S/c1-2-27-12-11-26(36)10-7-21-5-6-24(21)18-35-19-32(15-3-4-22-16-25(33)9-13-28(22)32)20-40-30-14-8-23(17-29(30)35)31(37)34-41(27,38)39/h7-10,13-14,16-17,21,24,26-27,36H,2-6,11-12,15,18-20H2,1H3,(H,34,37)/b10-7-/t21-,24-,26-,27+,32-/m0/s1. The van der Waals surface area contributed by atoms with E-state index in [1.54, 1.807) is 19.1 Å². The summed E-state index contributed by atoms with van der Waals surface area (Å²) >= 11 is 6.38. The maximum Gasteiger partial charge on any atom is 0.264 e. The van der Waals surface area contributed by atoms with Crippen LogP contribution in [0.2, 0.25) is 5.02 Å². The number of nitrogens with one attached hydrogen (secondary N) is 1. The average molecular weight is 599 g/mol. The Kier molecular flexibility index (Phi) is 7.85. The largest absolute Gasteiger partial charge is 0.490 e. The van der Waals surface area contributed by atoms with Gasteiger partial charge in [-0.3, -0.25) is 4.79 Å². The fourth-order valence-electron chi connectivity index (χ4n) is 7.19. The summed E-state index contributed by atoms with van der Waals surface area (Å²) in [4.78, 5) is 15.7. The first-order chi connectivity index (χ1) is 19.7. The molecule has 0 aromatic heterocycles. The van der Waals surface area contributed by atoms with Gasteiger partial charge in [-0.2, -0.15) is 0 Å².